The lowest BCUT2D eigenvalue weighted by Gasteiger charge is -2.16. The van der Waals surface area contributed by atoms with E-state index in [1.165, 1.54) is 18.2 Å². The first-order chi connectivity index (χ1) is 9.49. The Hall–Kier alpha value is -1.51. The molecule has 1 unspecified atom stereocenters. The van der Waals surface area contributed by atoms with E-state index in [9.17, 15) is 18.5 Å². The van der Waals surface area contributed by atoms with Crippen LogP contribution < -0.4 is 10.0 Å². The van der Waals surface area contributed by atoms with Crippen molar-refractivity contribution < 1.29 is 13.3 Å². The second-order valence-electron chi connectivity index (χ2n) is 4.77. The monoisotopic (exact) mass is 299 g/mol. The van der Waals surface area contributed by atoms with E-state index >= 15 is 0 Å². The summed E-state index contributed by atoms with van der Waals surface area (Å²) in [6.07, 6.45) is 2.74. The average molecular weight is 299 g/mol. The van der Waals surface area contributed by atoms with Crippen LogP contribution in [0.5, 0.6) is 0 Å². The van der Waals surface area contributed by atoms with Crippen molar-refractivity contribution in [1.29, 1.82) is 0 Å². The largest absolute Gasteiger partial charge is 0.315 e. The van der Waals surface area contributed by atoms with Crippen LogP contribution >= 0.6 is 0 Å². The molecule has 1 fully saturated rings. The molecule has 110 valence electrons. The summed E-state index contributed by atoms with van der Waals surface area (Å²) in [5.41, 5.74) is -0.230. The Morgan fingerprint density at radius 3 is 2.90 bits per heavy atom. The zero-order valence-electron chi connectivity index (χ0n) is 10.9. The maximum atomic E-state index is 12.2. The smallest absolute Gasteiger partial charge is 0.270 e. The van der Waals surface area contributed by atoms with Gasteiger partial charge in [0.15, 0.2) is 0 Å². The minimum Gasteiger partial charge on any atom is -0.315 e. The minimum atomic E-state index is -3.73. The summed E-state index contributed by atoms with van der Waals surface area (Å²) in [6, 6.07) is 4.90. The van der Waals surface area contributed by atoms with Gasteiger partial charge < -0.3 is 5.32 Å². The number of nitrogens with one attached hydrogen (secondary N) is 2. The third-order valence-corrected chi connectivity index (χ3v) is 4.73. The highest BCUT2D eigenvalue weighted by Crippen LogP contribution is 2.18. The number of hydrogen-bond donors (Lipinski definition) is 2. The Kier molecular flexibility index (Phi) is 4.69. The maximum Gasteiger partial charge on any atom is 0.270 e. The van der Waals surface area contributed by atoms with Gasteiger partial charge in [0.05, 0.1) is 9.82 Å². The lowest BCUT2D eigenvalue weighted by Crippen LogP contribution is -2.40. The zero-order valence-corrected chi connectivity index (χ0v) is 11.7. The van der Waals surface area contributed by atoms with E-state index in [-0.39, 0.29) is 16.6 Å². The molecule has 1 heterocycles. The molecule has 1 atom stereocenters. The van der Waals surface area contributed by atoms with Crippen LogP contribution in [0.1, 0.15) is 19.3 Å². The Labute approximate surface area is 117 Å². The van der Waals surface area contributed by atoms with E-state index in [1.807, 2.05) is 0 Å². The van der Waals surface area contributed by atoms with Crippen molar-refractivity contribution in [2.75, 3.05) is 13.1 Å². The highest BCUT2D eigenvalue weighted by molar-refractivity contribution is 7.89. The van der Waals surface area contributed by atoms with E-state index in [1.54, 1.807) is 0 Å². The van der Waals surface area contributed by atoms with Gasteiger partial charge in [-0.1, -0.05) is 12.5 Å². The van der Waals surface area contributed by atoms with Gasteiger partial charge in [-0.3, -0.25) is 10.1 Å². The molecule has 1 aromatic carbocycles. The molecule has 0 aliphatic carbocycles. The number of hydrogen-bond acceptors (Lipinski definition) is 5. The van der Waals surface area contributed by atoms with Crippen LogP contribution in [0.4, 0.5) is 5.69 Å². The van der Waals surface area contributed by atoms with Crippen molar-refractivity contribution in [3.8, 4) is 0 Å². The van der Waals surface area contributed by atoms with Gasteiger partial charge in [-0.15, -0.1) is 0 Å². The average Bonchev–Trinajstić information content (AvgIpc) is 2.67. The van der Waals surface area contributed by atoms with Crippen molar-refractivity contribution in [3.63, 3.8) is 0 Å². The van der Waals surface area contributed by atoms with Gasteiger partial charge in [0.1, 0.15) is 0 Å². The molecule has 0 aromatic heterocycles. The number of benzene rings is 1. The number of non-ortho nitro benzene ring substituents is 1. The van der Waals surface area contributed by atoms with Crippen LogP contribution in [-0.2, 0) is 10.0 Å². The Morgan fingerprint density at radius 2 is 2.15 bits per heavy atom. The van der Waals surface area contributed by atoms with Gasteiger partial charge >= 0.3 is 0 Å². The second-order valence-corrected chi connectivity index (χ2v) is 6.49. The molecular weight excluding hydrogens is 282 g/mol. The third-order valence-electron chi connectivity index (χ3n) is 3.21. The molecule has 0 amide bonds. The van der Waals surface area contributed by atoms with E-state index < -0.39 is 14.9 Å². The minimum absolute atomic E-state index is 0.0732. The van der Waals surface area contributed by atoms with Crippen LogP contribution in [0.15, 0.2) is 29.2 Å². The van der Waals surface area contributed by atoms with Gasteiger partial charge in [-0.25, -0.2) is 13.1 Å². The van der Waals surface area contributed by atoms with Gasteiger partial charge in [-0.05, 0) is 25.5 Å². The van der Waals surface area contributed by atoms with E-state index in [0.29, 0.717) is 6.54 Å². The second kappa shape index (κ2) is 6.29. The van der Waals surface area contributed by atoms with Crippen LogP contribution in [0.25, 0.3) is 0 Å². The Bertz CT molecular complexity index is 580. The van der Waals surface area contributed by atoms with Crippen LogP contribution in [0.3, 0.4) is 0 Å². The molecule has 0 spiro atoms. The molecule has 1 saturated heterocycles. The molecule has 1 aliphatic heterocycles. The van der Waals surface area contributed by atoms with Gasteiger partial charge in [0, 0.05) is 24.7 Å². The van der Waals surface area contributed by atoms with E-state index in [2.05, 4.69) is 10.0 Å². The molecule has 2 rings (SSSR count). The zero-order chi connectivity index (χ0) is 14.6. The normalized spacial score (nSPS) is 20.3. The Balaban J connectivity index is 2.17. The summed E-state index contributed by atoms with van der Waals surface area (Å²) in [5.74, 6) is 0. The first kappa shape index (κ1) is 14.9. The molecule has 0 radical (unpaired) electrons. The summed E-state index contributed by atoms with van der Waals surface area (Å²) in [5, 5.41) is 13.9. The van der Waals surface area contributed by atoms with Crippen molar-refractivity contribution in [2.24, 2.45) is 0 Å². The predicted octanol–water partition coefficient (Wildman–Crippen LogP) is 1.02. The fourth-order valence-electron chi connectivity index (χ4n) is 2.17. The highest BCUT2D eigenvalue weighted by Gasteiger charge is 2.22. The topological polar surface area (TPSA) is 101 Å². The van der Waals surface area contributed by atoms with Gasteiger partial charge in [0.2, 0.25) is 10.0 Å². The molecule has 0 saturated carbocycles. The molecule has 7 nitrogen and oxygen atoms in total. The van der Waals surface area contributed by atoms with Crippen LogP contribution in [-0.4, -0.2) is 32.5 Å². The number of nitrogens with zero attached hydrogens (tertiary/aromatic N) is 1. The van der Waals surface area contributed by atoms with Crippen molar-refractivity contribution in [2.45, 2.75) is 30.2 Å². The number of nitro groups is 1. The van der Waals surface area contributed by atoms with Gasteiger partial charge in [0.25, 0.3) is 5.69 Å². The molecule has 1 aromatic rings. The van der Waals surface area contributed by atoms with Crippen molar-refractivity contribution in [1.82, 2.24) is 10.0 Å². The fourth-order valence-corrected chi connectivity index (χ4v) is 3.48. The van der Waals surface area contributed by atoms with E-state index in [4.69, 9.17) is 0 Å². The van der Waals surface area contributed by atoms with Crippen molar-refractivity contribution in [3.05, 3.63) is 34.4 Å². The lowest BCUT2D eigenvalue weighted by molar-refractivity contribution is -0.385. The summed E-state index contributed by atoms with van der Waals surface area (Å²) in [6.45, 7) is 1.46. The summed E-state index contributed by atoms with van der Waals surface area (Å²) in [4.78, 5) is 10.0. The number of rotatable bonds is 4. The molecule has 8 heteroatoms. The van der Waals surface area contributed by atoms with Crippen LogP contribution in [0, 0.1) is 10.1 Å². The SMILES string of the molecule is O=[N+]([O-])c1cccc(S(=O)(=O)NC2CCCCNC2)c1. The molecule has 1 aliphatic rings. The third kappa shape index (κ3) is 3.75. The van der Waals surface area contributed by atoms with E-state index in [0.717, 1.165) is 31.9 Å². The van der Waals surface area contributed by atoms with Crippen LogP contribution in [0.2, 0.25) is 0 Å². The summed E-state index contributed by atoms with van der Waals surface area (Å²) >= 11 is 0. The Morgan fingerprint density at radius 1 is 1.35 bits per heavy atom. The fraction of sp³-hybridized carbons (Fsp3) is 0.500. The highest BCUT2D eigenvalue weighted by atomic mass is 32.2. The molecule has 20 heavy (non-hydrogen) atoms. The number of nitro benzene ring substituents is 1. The summed E-state index contributed by atoms with van der Waals surface area (Å²) in [7, 11) is -3.73. The molecule has 2 N–H and O–H groups in total. The number of sulfonamides is 1. The standard InChI is InChI=1S/C12H17N3O4S/c16-15(17)11-5-3-6-12(8-11)20(18,19)14-10-4-1-2-7-13-9-10/h3,5-6,8,10,13-14H,1-2,4,7,9H2. The first-order valence-corrected chi connectivity index (χ1v) is 7.95. The molecule has 0 bridgehead atoms. The summed E-state index contributed by atoms with van der Waals surface area (Å²) < 4.78 is 27.1. The quantitative estimate of drug-likeness (QED) is 0.638. The van der Waals surface area contributed by atoms with Gasteiger partial charge in [-0.2, -0.15) is 0 Å². The molecular formula is C12H17N3O4S. The van der Waals surface area contributed by atoms with Crippen molar-refractivity contribution >= 4 is 15.7 Å². The lowest BCUT2D eigenvalue weighted by atomic mass is 10.2. The first-order valence-electron chi connectivity index (χ1n) is 6.46. The predicted molar refractivity (Wildman–Crippen MR) is 73.9 cm³/mol. The maximum absolute atomic E-state index is 12.2.